The van der Waals surface area contributed by atoms with Crippen molar-refractivity contribution < 1.29 is 22.4 Å². The Morgan fingerprint density at radius 3 is 2.67 bits per heavy atom. The molecule has 1 aliphatic rings. The molecule has 7 heteroatoms. The molecule has 1 amide bonds. The van der Waals surface area contributed by atoms with E-state index in [-0.39, 0.29) is 12.0 Å². The molecule has 2 atom stereocenters. The van der Waals surface area contributed by atoms with Crippen molar-refractivity contribution in [2.24, 2.45) is 11.7 Å². The molecule has 1 saturated carbocycles. The summed E-state index contributed by atoms with van der Waals surface area (Å²) in [6, 6.07) is 2.48. The van der Waals surface area contributed by atoms with Crippen LogP contribution in [0.15, 0.2) is 18.2 Å². The zero-order valence-corrected chi connectivity index (χ0v) is 11.2. The van der Waals surface area contributed by atoms with Gasteiger partial charge in [0.05, 0.1) is 11.1 Å². The lowest BCUT2D eigenvalue weighted by atomic mass is 10.0. The molecule has 0 bridgehead atoms. The van der Waals surface area contributed by atoms with E-state index >= 15 is 0 Å². The highest BCUT2D eigenvalue weighted by molar-refractivity contribution is 5.95. The maximum atomic E-state index is 13.9. The summed E-state index contributed by atoms with van der Waals surface area (Å²) < 4.78 is 51.7. The number of alkyl halides is 3. The van der Waals surface area contributed by atoms with Crippen LogP contribution in [0.2, 0.25) is 0 Å². The lowest BCUT2D eigenvalue weighted by Crippen LogP contribution is -2.40. The quantitative estimate of drug-likeness (QED) is 0.844. The number of carbonyl (C=O) groups excluding carboxylic acids is 1. The van der Waals surface area contributed by atoms with Crippen molar-refractivity contribution in [3.8, 4) is 0 Å². The third kappa shape index (κ3) is 3.34. The summed E-state index contributed by atoms with van der Waals surface area (Å²) >= 11 is 0. The van der Waals surface area contributed by atoms with Crippen molar-refractivity contribution in [3.63, 3.8) is 0 Å². The zero-order chi connectivity index (χ0) is 15.6. The molecule has 116 valence electrons. The number of nitrogens with one attached hydrogen (secondary N) is 1. The lowest BCUT2D eigenvalue weighted by Gasteiger charge is -2.20. The number of nitrogens with two attached hydrogens (primary N) is 1. The normalized spacial score (nSPS) is 22.3. The Balaban J connectivity index is 2.20. The van der Waals surface area contributed by atoms with E-state index in [1.807, 2.05) is 0 Å². The summed E-state index contributed by atoms with van der Waals surface area (Å²) in [6.45, 7) is 0.385. The minimum Gasteiger partial charge on any atom is -0.349 e. The Labute approximate surface area is 119 Å². The van der Waals surface area contributed by atoms with E-state index in [2.05, 4.69) is 5.32 Å². The van der Waals surface area contributed by atoms with E-state index < -0.39 is 29.0 Å². The summed E-state index contributed by atoms with van der Waals surface area (Å²) in [4.78, 5) is 12.0. The minimum absolute atomic E-state index is 0.0859. The molecule has 0 aliphatic heterocycles. The first-order chi connectivity index (χ1) is 9.84. The van der Waals surface area contributed by atoms with Crippen LogP contribution >= 0.6 is 0 Å². The van der Waals surface area contributed by atoms with Gasteiger partial charge >= 0.3 is 6.18 Å². The van der Waals surface area contributed by atoms with E-state index in [9.17, 15) is 22.4 Å². The number of halogens is 4. The molecule has 0 aromatic heterocycles. The molecule has 0 saturated heterocycles. The standard InChI is InChI=1S/C14H16F4N2O/c15-12-9(4-2-5-10(12)14(16,17)18)13(21)20-11-6-1-3-8(11)7-19/h2,4-5,8,11H,1,3,6-7,19H2,(H,20,21). The molecular weight excluding hydrogens is 288 g/mol. The number of benzene rings is 1. The van der Waals surface area contributed by atoms with Gasteiger partial charge in [0.25, 0.3) is 5.91 Å². The first-order valence-electron chi connectivity index (χ1n) is 6.71. The first-order valence-corrected chi connectivity index (χ1v) is 6.71. The SMILES string of the molecule is NCC1CCCC1NC(=O)c1cccc(C(F)(F)F)c1F. The topological polar surface area (TPSA) is 55.1 Å². The van der Waals surface area contributed by atoms with E-state index in [0.29, 0.717) is 19.0 Å². The number of hydrogen-bond donors (Lipinski definition) is 2. The zero-order valence-electron chi connectivity index (χ0n) is 11.2. The van der Waals surface area contributed by atoms with Gasteiger partial charge < -0.3 is 11.1 Å². The second kappa shape index (κ2) is 6.01. The van der Waals surface area contributed by atoms with Crippen LogP contribution in [0.3, 0.4) is 0 Å². The Morgan fingerprint density at radius 1 is 1.33 bits per heavy atom. The van der Waals surface area contributed by atoms with Gasteiger partial charge in [0, 0.05) is 6.04 Å². The fourth-order valence-corrected chi connectivity index (χ4v) is 2.68. The maximum Gasteiger partial charge on any atom is 0.419 e. The highest BCUT2D eigenvalue weighted by Gasteiger charge is 2.36. The van der Waals surface area contributed by atoms with E-state index in [4.69, 9.17) is 5.73 Å². The summed E-state index contributed by atoms with van der Waals surface area (Å²) in [5, 5.41) is 2.59. The van der Waals surface area contributed by atoms with E-state index in [1.54, 1.807) is 0 Å². The first kappa shape index (κ1) is 15.8. The summed E-state index contributed by atoms with van der Waals surface area (Å²) in [6.07, 6.45) is -2.38. The van der Waals surface area contributed by atoms with Gasteiger partial charge in [-0.1, -0.05) is 12.5 Å². The Morgan fingerprint density at radius 2 is 2.05 bits per heavy atom. The summed E-state index contributed by atoms with van der Waals surface area (Å²) in [7, 11) is 0. The predicted molar refractivity (Wildman–Crippen MR) is 69.1 cm³/mol. The van der Waals surface area contributed by atoms with Gasteiger partial charge in [0.1, 0.15) is 5.82 Å². The Bertz CT molecular complexity index is 530. The van der Waals surface area contributed by atoms with Gasteiger partial charge in [-0.15, -0.1) is 0 Å². The third-order valence-corrected chi connectivity index (χ3v) is 3.83. The van der Waals surface area contributed by atoms with Gasteiger partial charge in [0.15, 0.2) is 0 Å². The molecule has 1 aliphatic carbocycles. The minimum atomic E-state index is -4.83. The third-order valence-electron chi connectivity index (χ3n) is 3.83. The second-order valence-corrected chi connectivity index (χ2v) is 5.17. The van der Waals surface area contributed by atoms with Crippen molar-refractivity contribution in [1.29, 1.82) is 0 Å². The number of rotatable bonds is 3. The molecular formula is C14H16F4N2O. The fraction of sp³-hybridized carbons (Fsp3) is 0.500. The van der Waals surface area contributed by atoms with Crippen molar-refractivity contribution in [1.82, 2.24) is 5.32 Å². The van der Waals surface area contributed by atoms with Crippen LogP contribution in [-0.4, -0.2) is 18.5 Å². The molecule has 3 N–H and O–H groups in total. The van der Waals surface area contributed by atoms with E-state index in [0.717, 1.165) is 25.0 Å². The molecule has 2 rings (SSSR count). The van der Waals surface area contributed by atoms with Crippen LogP contribution in [0, 0.1) is 11.7 Å². The molecule has 0 heterocycles. The highest BCUT2D eigenvalue weighted by Crippen LogP contribution is 2.32. The van der Waals surface area contributed by atoms with Gasteiger partial charge in [-0.05, 0) is 37.4 Å². The van der Waals surface area contributed by atoms with Crippen LogP contribution < -0.4 is 11.1 Å². The van der Waals surface area contributed by atoms with Crippen molar-refractivity contribution in [2.75, 3.05) is 6.54 Å². The van der Waals surface area contributed by atoms with Crippen molar-refractivity contribution in [3.05, 3.63) is 35.1 Å². The molecule has 1 aromatic carbocycles. The van der Waals surface area contributed by atoms with E-state index in [1.165, 1.54) is 0 Å². The largest absolute Gasteiger partial charge is 0.419 e. The Hall–Kier alpha value is -1.63. The van der Waals surface area contributed by atoms with Crippen LogP contribution in [0.1, 0.15) is 35.2 Å². The average molecular weight is 304 g/mol. The fourth-order valence-electron chi connectivity index (χ4n) is 2.68. The number of carbonyl (C=O) groups is 1. The van der Waals surface area contributed by atoms with Gasteiger partial charge in [-0.3, -0.25) is 4.79 Å². The van der Waals surface area contributed by atoms with Crippen molar-refractivity contribution >= 4 is 5.91 Å². The molecule has 1 fully saturated rings. The molecule has 3 nitrogen and oxygen atoms in total. The lowest BCUT2D eigenvalue weighted by molar-refractivity contribution is -0.140. The number of amides is 1. The van der Waals surface area contributed by atoms with Crippen LogP contribution in [0.4, 0.5) is 17.6 Å². The molecule has 0 radical (unpaired) electrons. The van der Waals surface area contributed by atoms with Crippen LogP contribution in [-0.2, 0) is 6.18 Å². The second-order valence-electron chi connectivity index (χ2n) is 5.17. The van der Waals surface area contributed by atoms with Crippen LogP contribution in [0.25, 0.3) is 0 Å². The van der Waals surface area contributed by atoms with Gasteiger partial charge in [-0.25, -0.2) is 4.39 Å². The van der Waals surface area contributed by atoms with Crippen molar-refractivity contribution in [2.45, 2.75) is 31.5 Å². The van der Waals surface area contributed by atoms with Gasteiger partial charge in [0.2, 0.25) is 0 Å². The predicted octanol–water partition coefficient (Wildman–Crippen LogP) is 2.70. The maximum absolute atomic E-state index is 13.9. The Kier molecular flexibility index (Phi) is 4.51. The highest BCUT2D eigenvalue weighted by atomic mass is 19.4. The summed E-state index contributed by atoms with van der Waals surface area (Å²) in [5.74, 6) is -2.28. The molecule has 1 aromatic rings. The van der Waals surface area contributed by atoms with Crippen LogP contribution in [0.5, 0.6) is 0 Å². The molecule has 21 heavy (non-hydrogen) atoms. The summed E-state index contributed by atoms with van der Waals surface area (Å²) in [5.41, 5.74) is 3.55. The molecule has 0 spiro atoms. The number of hydrogen-bond acceptors (Lipinski definition) is 2. The monoisotopic (exact) mass is 304 g/mol. The van der Waals surface area contributed by atoms with Gasteiger partial charge in [-0.2, -0.15) is 13.2 Å². The average Bonchev–Trinajstić information content (AvgIpc) is 2.84. The molecule has 2 unspecified atom stereocenters. The smallest absolute Gasteiger partial charge is 0.349 e.